The monoisotopic (exact) mass is 487 g/mol. The van der Waals surface area contributed by atoms with Crippen molar-refractivity contribution in [2.24, 2.45) is 11.0 Å². The molecule has 176 valence electrons. The van der Waals surface area contributed by atoms with Crippen LogP contribution in [0.2, 0.25) is 5.02 Å². The molecule has 1 unspecified atom stereocenters. The molecular weight excluding hydrogens is 465 g/mol. The lowest BCUT2D eigenvalue weighted by molar-refractivity contribution is -0.136. The van der Waals surface area contributed by atoms with Gasteiger partial charge in [0.15, 0.2) is 0 Å². The molecule has 0 saturated carbocycles. The summed E-state index contributed by atoms with van der Waals surface area (Å²) in [6, 6.07) is 20.5. The number of amides is 1. The molecule has 4 aromatic rings. The van der Waals surface area contributed by atoms with E-state index in [1.807, 2.05) is 30.3 Å². The van der Waals surface area contributed by atoms with Gasteiger partial charge in [-0.05, 0) is 29.8 Å². The van der Waals surface area contributed by atoms with Gasteiger partial charge in [-0.3, -0.25) is 9.59 Å². The van der Waals surface area contributed by atoms with Gasteiger partial charge >= 0.3 is 0 Å². The molecule has 0 spiro atoms. The lowest BCUT2D eigenvalue weighted by atomic mass is 9.91. The molecule has 1 aliphatic heterocycles. The highest BCUT2D eigenvalue weighted by Gasteiger charge is 2.37. The summed E-state index contributed by atoms with van der Waals surface area (Å²) in [4.78, 5) is 29.5. The topological polar surface area (TPSA) is 65.5 Å². The molecule has 0 bridgehead atoms. The fourth-order valence-corrected chi connectivity index (χ4v) is 4.73. The first-order valence-electron chi connectivity index (χ1n) is 11.4. The Balaban J connectivity index is 1.76. The number of aromatic amines is 1. The molecule has 0 saturated heterocycles. The number of hydrogen-bond donors (Lipinski definition) is 1. The Bertz CT molecular complexity index is 1530. The molecule has 1 aromatic heterocycles. The van der Waals surface area contributed by atoms with Gasteiger partial charge in [0.25, 0.3) is 5.56 Å². The molecule has 35 heavy (non-hydrogen) atoms. The predicted molar refractivity (Wildman–Crippen MR) is 137 cm³/mol. The van der Waals surface area contributed by atoms with Crippen LogP contribution in [0.15, 0.2) is 82.7 Å². The maximum Gasteiger partial charge on any atom is 0.258 e. The van der Waals surface area contributed by atoms with Gasteiger partial charge in [-0.2, -0.15) is 5.10 Å². The van der Waals surface area contributed by atoms with Gasteiger partial charge in [0, 0.05) is 39.4 Å². The lowest BCUT2D eigenvalue weighted by Crippen LogP contribution is -2.31. The van der Waals surface area contributed by atoms with Crippen LogP contribution >= 0.6 is 11.6 Å². The van der Waals surface area contributed by atoms with Crippen LogP contribution in [-0.2, 0) is 4.79 Å². The molecule has 3 aromatic carbocycles. The molecule has 1 atom stereocenters. The number of nitrogens with one attached hydrogen (secondary N) is 1. The third kappa shape index (κ3) is 4.15. The van der Waals surface area contributed by atoms with E-state index in [2.05, 4.69) is 10.1 Å². The van der Waals surface area contributed by atoms with Crippen LogP contribution in [0.4, 0.5) is 4.39 Å². The average molecular weight is 488 g/mol. The molecule has 5 nitrogen and oxygen atoms in total. The summed E-state index contributed by atoms with van der Waals surface area (Å²) in [7, 11) is 0. The number of halogens is 2. The number of pyridine rings is 1. The zero-order valence-electron chi connectivity index (χ0n) is 19.3. The maximum atomic E-state index is 14.8. The number of benzene rings is 3. The molecule has 1 N–H and O–H groups in total. The van der Waals surface area contributed by atoms with Crippen LogP contribution in [0.5, 0.6) is 0 Å². The van der Waals surface area contributed by atoms with E-state index in [0.29, 0.717) is 32.9 Å². The fraction of sp³-hybridized carbons (Fsp3) is 0.179. The Morgan fingerprint density at radius 3 is 2.49 bits per heavy atom. The minimum atomic E-state index is -0.654. The van der Waals surface area contributed by atoms with E-state index in [4.69, 9.17) is 11.6 Å². The van der Waals surface area contributed by atoms with E-state index in [1.165, 1.54) is 11.1 Å². The fourth-order valence-electron chi connectivity index (χ4n) is 4.56. The second-order valence-electron chi connectivity index (χ2n) is 8.89. The third-order valence-electron chi connectivity index (χ3n) is 6.22. The van der Waals surface area contributed by atoms with Crippen molar-refractivity contribution in [3.05, 3.63) is 105 Å². The van der Waals surface area contributed by atoms with Crippen LogP contribution in [0, 0.1) is 11.7 Å². The second kappa shape index (κ2) is 9.12. The largest absolute Gasteiger partial charge is 0.321 e. The van der Waals surface area contributed by atoms with Crippen molar-refractivity contribution in [3.8, 4) is 11.1 Å². The minimum absolute atomic E-state index is 0.203. The second-order valence-corrected chi connectivity index (χ2v) is 9.32. The highest BCUT2D eigenvalue weighted by atomic mass is 35.5. The number of fused-ring (bicyclic) bond motifs is 1. The number of carbonyl (C=O) groups excluding carboxylic acids is 1. The number of nitrogens with zero attached hydrogens (tertiary/aromatic N) is 2. The number of hydrazone groups is 1. The van der Waals surface area contributed by atoms with Crippen molar-refractivity contribution in [2.75, 3.05) is 0 Å². The van der Waals surface area contributed by atoms with Crippen LogP contribution in [0.25, 0.3) is 22.0 Å². The zero-order chi connectivity index (χ0) is 24.7. The van der Waals surface area contributed by atoms with E-state index in [1.54, 1.807) is 50.2 Å². The normalized spacial score (nSPS) is 15.6. The SMILES string of the molecule is CC(C)C(=O)N1N=C(c2c(-c3ccccc3)c3cc(Cl)ccc3[nH]c2=O)CC1c1ccccc1F. The Labute approximate surface area is 206 Å². The maximum absolute atomic E-state index is 14.8. The van der Waals surface area contributed by atoms with Crippen molar-refractivity contribution < 1.29 is 9.18 Å². The number of carbonyl (C=O) groups is 1. The number of H-pyrrole nitrogens is 1. The van der Waals surface area contributed by atoms with E-state index in [0.717, 1.165) is 10.9 Å². The average Bonchev–Trinajstić information content (AvgIpc) is 3.28. The third-order valence-corrected chi connectivity index (χ3v) is 6.46. The molecule has 5 rings (SSSR count). The van der Waals surface area contributed by atoms with Crippen LogP contribution < -0.4 is 5.56 Å². The van der Waals surface area contributed by atoms with E-state index in [-0.39, 0.29) is 23.8 Å². The van der Waals surface area contributed by atoms with E-state index >= 15 is 0 Å². The molecule has 0 radical (unpaired) electrons. The van der Waals surface area contributed by atoms with Gasteiger partial charge < -0.3 is 4.98 Å². The molecule has 1 aliphatic rings. The summed E-state index contributed by atoms with van der Waals surface area (Å²) < 4.78 is 14.8. The summed E-state index contributed by atoms with van der Waals surface area (Å²) in [5.41, 5.74) is 2.95. The first kappa shape index (κ1) is 23.0. The van der Waals surface area contributed by atoms with Crippen molar-refractivity contribution in [2.45, 2.75) is 26.3 Å². The molecular formula is C28H23ClFN3O2. The van der Waals surface area contributed by atoms with Crippen molar-refractivity contribution in [3.63, 3.8) is 0 Å². The summed E-state index contributed by atoms with van der Waals surface area (Å²) >= 11 is 6.33. The van der Waals surface area contributed by atoms with Gasteiger partial charge in [0.2, 0.25) is 5.91 Å². The van der Waals surface area contributed by atoms with Crippen LogP contribution in [0.3, 0.4) is 0 Å². The van der Waals surface area contributed by atoms with Crippen LogP contribution in [-0.4, -0.2) is 21.6 Å². The summed E-state index contributed by atoms with van der Waals surface area (Å²) in [5.74, 6) is -1.01. The number of hydrogen-bond acceptors (Lipinski definition) is 3. The van der Waals surface area contributed by atoms with Gasteiger partial charge in [0.1, 0.15) is 5.82 Å². The quantitative estimate of drug-likeness (QED) is 0.366. The number of aromatic nitrogens is 1. The van der Waals surface area contributed by atoms with Crippen LogP contribution in [0.1, 0.15) is 37.4 Å². The molecule has 0 aliphatic carbocycles. The Morgan fingerprint density at radius 2 is 1.77 bits per heavy atom. The first-order chi connectivity index (χ1) is 16.8. The predicted octanol–water partition coefficient (Wildman–Crippen LogP) is 6.32. The Hall–Kier alpha value is -3.77. The standard InChI is InChI=1S/C28H23ClFN3O2/c1-16(2)28(35)33-24(19-10-6-7-11-21(19)30)15-23(32-33)26-25(17-8-4-3-5-9-17)20-14-18(29)12-13-22(20)31-27(26)34/h3-14,16,24H,15H2,1-2H3,(H,31,34). The Morgan fingerprint density at radius 1 is 1.06 bits per heavy atom. The summed E-state index contributed by atoms with van der Waals surface area (Å²) in [6.45, 7) is 3.54. The molecule has 1 amide bonds. The van der Waals surface area contributed by atoms with Gasteiger partial charge in [-0.15, -0.1) is 0 Å². The van der Waals surface area contributed by atoms with E-state index < -0.39 is 11.9 Å². The number of rotatable bonds is 4. The van der Waals surface area contributed by atoms with Crippen molar-refractivity contribution in [1.82, 2.24) is 9.99 Å². The highest BCUT2D eigenvalue weighted by Crippen LogP contribution is 2.38. The zero-order valence-corrected chi connectivity index (χ0v) is 20.0. The van der Waals surface area contributed by atoms with Crippen molar-refractivity contribution in [1.29, 1.82) is 0 Å². The van der Waals surface area contributed by atoms with Crippen molar-refractivity contribution >= 4 is 34.1 Å². The van der Waals surface area contributed by atoms with E-state index in [9.17, 15) is 14.0 Å². The summed E-state index contributed by atoms with van der Waals surface area (Å²) in [5, 5.41) is 7.25. The lowest BCUT2D eigenvalue weighted by Gasteiger charge is -2.23. The summed E-state index contributed by atoms with van der Waals surface area (Å²) in [6.07, 6.45) is 0.203. The highest BCUT2D eigenvalue weighted by molar-refractivity contribution is 6.31. The first-order valence-corrected chi connectivity index (χ1v) is 11.8. The van der Waals surface area contributed by atoms with Gasteiger partial charge in [0.05, 0.1) is 17.3 Å². The Kier molecular flexibility index (Phi) is 5.99. The minimum Gasteiger partial charge on any atom is -0.321 e. The molecule has 2 heterocycles. The van der Waals surface area contributed by atoms with Gasteiger partial charge in [-0.25, -0.2) is 9.40 Å². The molecule has 7 heteroatoms. The molecule has 0 fully saturated rings. The smallest absolute Gasteiger partial charge is 0.258 e. The van der Waals surface area contributed by atoms with Gasteiger partial charge in [-0.1, -0.05) is 74.0 Å².